The quantitative estimate of drug-likeness (QED) is 0.860. The van der Waals surface area contributed by atoms with E-state index in [1.54, 1.807) is 4.90 Å². The summed E-state index contributed by atoms with van der Waals surface area (Å²) in [4.78, 5) is 26.1. The van der Waals surface area contributed by atoms with Crippen molar-refractivity contribution in [3.63, 3.8) is 0 Å². The number of nitrogens with zero attached hydrogens (tertiary/aromatic N) is 1. The first kappa shape index (κ1) is 15.8. The van der Waals surface area contributed by atoms with Gasteiger partial charge in [0.25, 0.3) is 0 Å². The van der Waals surface area contributed by atoms with Crippen molar-refractivity contribution in [2.75, 3.05) is 7.11 Å². The lowest BCUT2D eigenvalue weighted by Gasteiger charge is -2.42. The van der Waals surface area contributed by atoms with Crippen LogP contribution in [0.15, 0.2) is 30.3 Å². The molecule has 2 aliphatic rings. The van der Waals surface area contributed by atoms with Gasteiger partial charge in [-0.2, -0.15) is 0 Å². The van der Waals surface area contributed by atoms with Crippen LogP contribution in [-0.4, -0.2) is 41.7 Å². The number of carbonyl (C=O) groups excluding carboxylic acids is 2. The van der Waals surface area contributed by atoms with E-state index >= 15 is 0 Å². The van der Waals surface area contributed by atoms with E-state index in [0.29, 0.717) is 12.8 Å². The zero-order chi connectivity index (χ0) is 16.4. The largest absolute Gasteiger partial charge is 0.468 e. The molecule has 2 heterocycles. The highest BCUT2D eigenvalue weighted by Crippen LogP contribution is 2.40. The molecule has 2 saturated heterocycles. The maximum Gasteiger partial charge on any atom is 0.410 e. The van der Waals surface area contributed by atoms with Crippen LogP contribution in [0.1, 0.15) is 31.2 Å². The molecule has 1 amide bonds. The zero-order valence-corrected chi connectivity index (χ0v) is 13.2. The fourth-order valence-electron chi connectivity index (χ4n) is 3.75. The van der Waals surface area contributed by atoms with E-state index in [9.17, 15) is 9.59 Å². The standard InChI is InChI=1S/C17H22N2O4/c1-22-15(20)17(18)9-13-7-8-14(10-17)19(13)16(21)23-11-12-5-3-2-4-6-12/h2-6,13-14H,7-11,18H2,1H3. The van der Waals surface area contributed by atoms with Gasteiger partial charge in [-0.1, -0.05) is 30.3 Å². The summed E-state index contributed by atoms with van der Waals surface area (Å²) in [7, 11) is 1.35. The van der Waals surface area contributed by atoms with Crippen molar-refractivity contribution in [3.8, 4) is 0 Å². The SMILES string of the molecule is COC(=O)C1(N)CC2CCC(C1)N2C(=O)OCc1ccccc1. The molecule has 1 aromatic rings. The Kier molecular flexibility index (Phi) is 4.26. The lowest BCUT2D eigenvalue weighted by molar-refractivity contribution is -0.150. The molecule has 0 saturated carbocycles. The Labute approximate surface area is 135 Å². The Morgan fingerprint density at radius 2 is 1.83 bits per heavy atom. The Balaban J connectivity index is 1.64. The smallest absolute Gasteiger partial charge is 0.410 e. The van der Waals surface area contributed by atoms with Crippen LogP contribution >= 0.6 is 0 Å². The maximum atomic E-state index is 12.4. The Hall–Kier alpha value is -2.08. The third kappa shape index (κ3) is 3.03. The van der Waals surface area contributed by atoms with E-state index in [4.69, 9.17) is 15.2 Å². The number of fused-ring (bicyclic) bond motifs is 2. The highest BCUT2D eigenvalue weighted by atomic mass is 16.6. The molecule has 23 heavy (non-hydrogen) atoms. The number of carbonyl (C=O) groups is 2. The van der Waals surface area contributed by atoms with E-state index < -0.39 is 11.5 Å². The van der Waals surface area contributed by atoms with Crippen molar-refractivity contribution in [2.45, 2.75) is 49.9 Å². The lowest BCUT2D eigenvalue weighted by atomic mass is 9.84. The van der Waals surface area contributed by atoms with E-state index in [0.717, 1.165) is 18.4 Å². The summed E-state index contributed by atoms with van der Waals surface area (Å²) in [5, 5.41) is 0. The molecule has 0 spiro atoms. The fraction of sp³-hybridized carbons (Fsp3) is 0.529. The highest BCUT2D eigenvalue weighted by Gasteiger charge is 2.52. The van der Waals surface area contributed by atoms with Crippen LogP contribution < -0.4 is 5.73 Å². The molecule has 1 aromatic carbocycles. The number of nitrogens with two attached hydrogens (primary N) is 1. The van der Waals surface area contributed by atoms with Crippen molar-refractivity contribution < 1.29 is 19.1 Å². The van der Waals surface area contributed by atoms with Crippen LogP contribution in [0.25, 0.3) is 0 Å². The first-order valence-electron chi connectivity index (χ1n) is 7.90. The predicted octanol–water partition coefficient (Wildman–Crippen LogP) is 1.82. The summed E-state index contributed by atoms with van der Waals surface area (Å²) >= 11 is 0. The van der Waals surface area contributed by atoms with E-state index in [1.165, 1.54) is 7.11 Å². The van der Waals surface area contributed by atoms with Gasteiger partial charge in [0.05, 0.1) is 7.11 Å². The molecule has 6 heteroatoms. The van der Waals surface area contributed by atoms with Crippen molar-refractivity contribution in [1.82, 2.24) is 4.90 Å². The van der Waals surface area contributed by atoms with Gasteiger partial charge in [-0.25, -0.2) is 4.79 Å². The molecule has 6 nitrogen and oxygen atoms in total. The van der Waals surface area contributed by atoms with Crippen molar-refractivity contribution in [3.05, 3.63) is 35.9 Å². The minimum absolute atomic E-state index is 0.0545. The normalized spacial score (nSPS) is 29.2. The lowest BCUT2D eigenvalue weighted by Crippen LogP contribution is -2.61. The van der Waals surface area contributed by atoms with Crippen LogP contribution in [0.4, 0.5) is 4.79 Å². The summed E-state index contributed by atoms with van der Waals surface area (Å²) < 4.78 is 10.3. The van der Waals surface area contributed by atoms with Crippen molar-refractivity contribution in [1.29, 1.82) is 0 Å². The number of methoxy groups -OCH3 is 1. The van der Waals surface area contributed by atoms with Crippen LogP contribution in [0.3, 0.4) is 0 Å². The number of rotatable bonds is 3. The van der Waals surface area contributed by atoms with Crippen LogP contribution in [0.2, 0.25) is 0 Å². The molecule has 0 radical (unpaired) electrons. The van der Waals surface area contributed by atoms with Crippen molar-refractivity contribution in [2.24, 2.45) is 5.73 Å². The number of hydrogen-bond donors (Lipinski definition) is 1. The Bertz CT molecular complexity index is 576. The van der Waals surface area contributed by atoms with E-state index in [-0.39, 0.29) is 24.8 Å². The van der Waals surface area contributed by atoms with E-state index in [2.05, 4.69) is 0 Å². The summed E-state index contributed by atoms with van der Waals surface area (Å²) in [5.74, 6) is -0.397. The van der Waals surface area contributed by atoms with Crippen LogP contribution in [0, 0.1) is 0 Å². The molecule has 2 bridgehead atoms. The summed E-state index contributed by atoms with van der Waals surface area (Å²) in [6, 6.07) is 9.46. The third-order valence-electron chi connectivity index (χ3n) is 4.83. The highest BCUT2D eigenvalue weighted by molar-refractivity contribution is 5.81. The summed E-state index contributed by atoms with van der Waals surface area (Å²) in [6.45, 7) is 0.250. The summed E-state index contributed by atoms with van der Waals surface area (Å²) in [6.07, 6.45) is 2.23. The summed E-state index contributed by atoms with van der Waals surface area (Å²) in [5.41, 5.74) is 6.17. The first-order chi connectivity index (χ1) is 11.0. The minimum Gasteiger partial charge on any atom is -0.468 e. The molecule has 3 rings (SSSR count). The molecule has 0 aliphatic carbocycles. The Morgan fingerprint density at radius 1 is 1.22 bits per heavy atom. The van der Waals surface area contributed by atoms with E-state index in [1.807, 2.05) is 30.3 Å². The van der Waals surface area contributed by atoms with Gasteiger partial charge in [-0.15, -0.1) is 0 Å². The number of amides is 1. The molecule has 2 aliphatic heterocycles. The molecule has 2 N–H and O–H groups in total. The van der Waals surface area contributed by atoms with Gasteiger partial charge in [-0.05, 0) is 31.2 Å². The van der Waals surface area contributed by atoms with Gasteiger partial charge in [0.2, 0.25) is 0 Å². The van der Waals surface area contributed by atoms with Gasteiger partial charge in [-0.3, -0.25) is 4.79 Å². The molecule has 124 valence electrons. The van der Waals surface area contributed by atoms with Gasteiger partial charge >= 0.3 is 12.1 Å². The molecule has 0 aromatic heterocycles. The molecular weight excluding hydrogens is 296 g/mol. The van der Waals surface area contributed by atoms with Gasteiger partial charge in [0, 0.05) is 12.1 Å². The van der Waals surface area contributed by atoms with Gasteiger partial charge in [0.1, 0.15) is 12.1 Å². The first-order valence-corrected chi connectivity index (χ1v) is 7.90. The van der Waals surface area contributed by atoms with Crippen LogP contribution in [-0.2, 0) is 20.9 Å². The number of piperidine rings is 1. The average Bonchev–Trinajstić information content (AvgIpc) is 2.85. The topological polar surface area (TPSA) is 81.9 Å². The second kappa shape index (κ2) is 6.20. The number of ether oxygens (including phenoxy) is 2. The van der Waals surface area contributed by atoms with Gasteiger partial charge in [0.15, 0.2) is 0 Å². The monoisotopic (exact) mass is 318 g/mol. The van der Waals surface area contributed by atoms with Gasteiger partial charge < -0.3 is 20.1 Å². The average molecular weight is 318 g/mol. The Morgan fingerprint density at radius 3 is 2.39 bits per heavy atom. The fourth-order valence-corrected chi connectivity index (χ4v) is 3.75. The zero-order valence-electron chi connectivity index (χ0n) is 13.2. The molecule has 2 fully saturated rings. The molecule has 2 atom stereocenters. The number of esters is 1. The maximum absolute atomic E-state index is 12.4. The molecular formula is C17H22N2O4. The van der Waals surface area contributed by atoms with Crippen molar-refractivity contribution >= 4 is 12.1 Å². The van der Waals surface area contributed by atoms with Crippen LogP contribution in [0.5, 0.6) is 0 Å². The second-order valence-electron chi connectivity index (χ2n) is 6.39. The third-order valence-corrected chi connectivity index (χ3v) is 4.83. The number of hydrogen-bond acceptors (Lipinski definition) is 5. The minimum atomic E-state index is -0.989. The predicted molar refractivity (Wildman–Crippen MR) is 83.4 cm³/mol. The number of benzene rings is 1. The second-order valence-corrected chi connectivity index (χ2v) is 6.39. The molecule has 2 unspecified atom stereocenters.